The second-order valence-electron chi connectivity index (χ2n) is 4.29. The van der Waals surface area contributed by atoms with Gasteiger partial charge in [-0.05, 0) is 36.6 Å². The van der Waals surface area contributed by atoms with Crippen molar-refractivity contribution in [3.8, 4) is 5.75 Å². The van der Waals surface area contributed by atoms with Crippen molar-refractivity contribution in [1.82, 2.24) is 0 Å². The number of hydrogen-bond donors (Lipinski definition) is 1. The van der Waals surface area contributed by atoms with Crippen LogP contribution in [0.15, 0.2) is 60.7 Å². The number of benzene rings is 2. The molecule has 1 atom stereocenters. The molecule has 0 saturated heterocycles. The van der Waals surface area contributed by atoms with E-state index in [0.717, 1.165) is 12.2 Å². The molecule has 0 radical (unpaired) electrons. The van der Waals surface area contributed by atoms with E-state index in [2.05, 4.69) is 24.3 Å². The average molecular weight is 241 g/mol. The number of nitrogens with two attached hydrogens (primary N) is 1. The molecule has 0 aliphatic heterocycles. The Kier molecular flexibility index (Phi) is 4.79. The van der Waals surface area contributed by atoms with Crippen LogP contribution in [0, 0.1) is 0 Å². The Balaban J connectivity index is 1.85. The summed E-state index contributed by atoms with van der Waals surface area (Å²) >= 11 is 0. The predicted octanol–water partition coefficient (Wildman–Crippen LogP) is 3.20. The standard InChI is InChI=1S/C16H19NO/c17-13-15(14-7-3-1-4-8-14)11-12-18-16-9-5-2-6-10-16/h1-10,15H,11-13,17H2/t15-/m0/s1. The van der Waals surface area contributed by atoms with Gasteiger partial charge in [0.05, 0.1) is 6.61 Å². The monoisotopic (exact) mass is 241 g/mol. The molecule has 0 unspecified atom stereocenters. The third-order valence-corrected chi connectivity index (χ3v) is 3.03. The van der Waals surface area contributed by atoms with Crippen LogP contribution in [-0.4, -0.2) is 13.2 Å². The van der Waals surface area contributed by atoms with Crippen molar-refractivity contribution in [1.29, 1.82) is 0 Å². The molecular formula is C16H19NO. The number of ether oxygens (including phenoxy) is 1. The summed E-state index contributed by atoms with van der Waals surface area (Å²) in [6, 6.07) is 20.3. The van der Waals surface area contributed by atoms with Gasteiger partial charge in [-0.1, -0.05) is 48.5 Å². The molecule has 0 fully saturated rings. The van der Waals surface area contributed by atoms with E-state index in [4.69, 9.17) is 10.5 Å². The van der Waals surface area contributed by atoms with Crippen LogP contribution in [0.2, 0.25) is 0 Å². The summed E-state index contributed by atoms with van der Waals surface area (Å²) < 4.78 is 5.70. The molecule has 2 heteroatoms. The first kappa shape index (κ1) is 12.7. The normalized spacial score (nSPS) is 12.1. The van der Waals surface area contributed by atoms with Crippen LogP contribution in [0.1, 0.15) is 17.9 Å². The predicted molar refractivity (Wildman–Crippen MR) is 74.8 cm³/mol. The highest BCUT2D eigenvalue weighted by atomic mass is 16.5. The van der Waals surface area contributed by atoms with Crippen LogP contribution in [0.5, 0.6) is 5.75 Å². The van der Waals surface area contributed by atoms with Crippen molar-refractivity contribution in [2.45, 2.75) is 12.3 Å². The van der Waals surface area contributed by atoms with Gasteiger partial charge in [0.1, 0.15) is 5.75 Å². The highest BCUT2D eigenvalue weighted by Gasteiger charge is 2.09. The number of rotatable bonds is 6. The first-order valence-electron chi connectivity index (χ1n) is 6.33. The Hall–Kier alpha value is -1.80. The third-order valence-electron chi connectivity index (χ3n) is 3.03. The van der Waals surface area contributed by atoms with Crippen molar-refractivity contribution in [2.24, 2.45) is 5.73 Å². The highest BCUT2D eigenvalue weighted by Crippen LogP contribution is 2.18. The molecule has 2 nitrogen and oxygen atoms in total. The lowest BCUT2D eigenvalue weighted by molar-refractivity contribution is 0.298. The van der Waals surface area contributed by atoms with Crippen molar-refractivity contribution in [2.75, 3.05) is 13.2 Å². The van der Waals surface area contributed by atoms with E-state index in [9.17, 15) is 0 Å². The zero-order valence-electron chi connectivity index (χ0n) is 10.5. The lowest BCUT2D eigenvalue weighted by atomic mass is 9.96. The Labute approximate surface area is 108 Å². The third kappa shape index (κ3) is 3.60. The van der Waals surface area contributed by atoms with E-state index in [1.807, 2.05) is 36.4 Å². The summed E-state index contributed by atoms with van der Waals surface area (Å²) in [6.45, 7) is 1.35. The lowest BCUT2D eigenvalue weighted by Gasteiger charge is -2.15. The van der Waals surface area contributed by atoms with Gasteiger partial charge in [0.2, 0.25) is 0 Å². The van der Waals surface area contributed by atoms with Crippen LogP contribution in [0.25, 0.3) is 0 Å². The quantitative estimate of drug-likeness (QED) is 0.843. The van der Waals surface area contributed by atoms with Gasteiger partial charge in [-0.2, -0.15) is 0 Å². The summed E-state index contributed by atoms with van der Waals surface area (Å²) in [5, 5.41) is 0. The molecule has 0 bridgehead atoms. The van der Waals surface area contributed by atoms with E-state index < -0.39 is 0 Å². The summed E-state index contributed by atoms with van der Waals surface area (Å²) in [5.74, 6) is 1.29. The molecular weight excluding hydrogens is 222 g/mol. The summed E-state index contributed by atoms with van der Waals surface area (Å²) in [5.41, 5.74) is 7.12. The minimum absolute atomic E-state index is 0.370. The van der Waals surface area contributed by atoms with Crippen LogP contribution in [-0.2, 0) is 0 Å². The van der Waals surface area contributed by atoms with Gasteiger partial charge >= 0.3 is 0 Å². The second kappa shape index (κ2) is 6.82. The Bertz CT molecular complexity index is 441. The lowest BCUT2D eigenvalue weighted by Crippen LogP contribution is -2.15. The fourth-order valence-electron chi connectivity index (χ4n) is 1.98. The van der Waals surface area contributed by atoms with E-state index >= 15 is 0 Å². The fraction of sp³-hybridized carbons (Fsp3) is 0.250. The van der Waals surface area contributed by atoms with Gasteiger partial charge in [0.15, 0.2) is 0 Å². The molecule has 0 amide bonds. The molecule has 2 aromatic rings. The maximum absolute atomic E-state index is 5.83. The SMILES string of the molecule is NC[C@H](CCOc1ccccc1)c1ccccc1. The zero-order valence-corrected chi connectivity index (χ0v) is 10.5. The summed E-state index contributed by atoms with van der Waals surface area (Å²) in [4.78, 5) is 0. The second-order valence-corrected chi connectivity index (χ2v) is 4.29. The topological polar surface area (TPSA) is 35.2 Å². The fourth-order valence-corrected chi connectivity index (χ4v) is 1.98. The highest BCUT2D eigenvalue weighted by molar-refractivity contribution is 5.22. The molecule has 2 aromatic carbocycles. The molecule has 2 N–H and O–H groups in total. The van der Waals surface area contributed by atoms with E-state index in [0.29, 0.717) is 19.1 Å². The van der Waals surface area contributed by atoms with Crippen molar-refractivity contribution < 1.29 is 4.74 Å². The van der Waals surface area contributed by atoms with Gasteiger partial charge in [-0.25, -0.2) is 0 Å². The van der Waals surface area contributed by atoms with E-state index in [-0.39, 0.29) is 0 Å². The summed E-state index contributed by atoms with van der Waals surface area (Å²) in [7, 11) is 0. The molecule has 94 valence electrons. The van der Waals surface area contributed by atoms with Crippen molar-refractivity contribution in [3.05, 3.63) is 66.2 Å². The minimum atomic E-state index is 0.370. The molecule has 18 heavy (non-hydrogen) atoms. The smallest absolute Gasteiger partial charge is 0.119 e. The Morgan fingerprint density at radius 1 is 0.889 bits per heavy atom. The van der Waals surface area contributed by atoms with Crippen LogP contribution in [0.3, 0.4) is 0 Å². The van der Waals surface area contributed by atoms with Gasteiger partial charge in [0, 0.05) is 0 Å². The van der Waals surface area contributed by atoms with Gasteiger partial charge < -0.3 is 10.5 Å². The number of para-hydroxylation sites is 1. The largest absolute Gasteiger partial charge is 0.494 e. The van der Waals surface area contributed by atoms with Crippen LogP contribution in [0.4, 0.5) is 0 Å². The van der Waals surface area contributed by atoms with E-state index in [1.165, 1.54) is 5.56 Å². The minimum Gasteiger partial charge on any atom is -0.494 e. The van der Waals surface area contributed by atoms with Gasteiger partial charge in [-0.3, -0.25) is 0 Å². The first-order valence-corrected chi connectivity index (χ1v) is 6.33. The maximum Gasteiger partial charge on any atom is 0.119 e. The van der Waals surface area contributed by atoms with Gasteiger partial charge in [-0.15, -0.1) is 0 Å². The summed E-state index contributed by atoms with van der Waals surface area (Å²) in [6.07, 6.45) is 0.940. The van der Waals surface area contributed by atoms with Crippen molar-refractivity contribution in [3.63, 3.8) is 0 Å². The molecule has 0 aromatic heterocycles. The Morgan fingerprint density at radius 2 is 1.50 bits per heavy atom. The van der Waals surface area contributed by atoms with Crippen molar-refractivity contribution >= 4 is 0 Å². The Morgan fingerprint density at radius 3 is 2.11 bits per heavy atom. The van der Waals surface area contributed by atoms with Crippen LogP contribution < -0.4 is 10.5 Å². The maximum atomic E-state index is 5.83. The molecule has 0 aliphatic rings. The molecule has 0 saturated carbocycles. The molecule has 0 aliphatic carbocycles. The van der Waals surface area contributed by atoms with E-state index in [1.54, 1.807) is 0 Å². The molecule has 0 spiro atoms. The first-order chi connectivity index (χ1) is 8.90. The zero-order chi connectivity index (χ0) is 12.6. The van der Waals surface area contributed by atoms with Gasteiger partial charge in [0.25, 0.3) is 0 Å². The number of hydrogen-bond acceptors (Lipinski definition) is 2. The average Bonchev–Trinajstić information content (AvgIpc) is 2.46. The molecule has 2 rings (SSSR count). The van der Waals surface area contributed by atoms with Crippen LogP contribution >= 0.6 is 0 Å². The molecule has 0 heterocycles.